The van der Waals surface area contributed by atoms with E-state index >= 15 is 0 Å². The minimum absolute atomic E-state index is 0.175. The van der Waals surface area contributed by atoms with Crippen LogP contribution < -0.4 is 5.73 Å². The van der Waals surface area contributed by atoms with Crippen LogP contribution in [0.1, 0.15) is 38.9 Å². The van der Waals surface area contributed by atoms with Crippen molar-refractivity contribution in [3.05, 3.63) is 35.6 Å². The van der Waals surface area contributed by atoms with E-state index in [0.29, 0.717) is 18.1 Å². The van der Waals surface area contributed by atoms with Crippen LogP contribution in [0.25, 0.3) is 0 Å². The van der Waals surface area contributed by atoms with Gasteiger partial charge in [0.2, 0.25) is 0 Å². The van der Waals surface area contributed by atoms with Crippen LogP contribution in [0.15, 0.2) is 24.3 Å². The van der Waals surface area contributed by atoms with Gasteiger partial charge in [0.05, 0.1) is 0 Å². The SMILES string of the molecule is CCC(N)C(OCC(C)C)c1ccccc1F. The van der Waals surface area contributed by atoms with Crippen LogP contribution in [0.5, 0.6) is 0 Å². The maximum Gasteiger partial charge on any atom is 0.129 e. The fourth-order valence-corrected chi connectivity index (χ4v) is 1.66. The zero-order valence-electron chi connectivity index (χ0n) is 10.8. The molecule has 0 bridgehead atoms. The fourth-order valence-electron chi connectivity index (χ4n) is 1.66. The molecule has 0 amide bonds. The maximum absolute atomic E-state index is 13.7. The van der Waals surface area contributed by atoms with Gasteiger partial charge in [-0.2, -0.15) is 0 Å². The van der Waals surface area contributed by atoms with Crippen molar-refractivity contribution in [2.24, 2.45) is 11.7 Å². The van der Waals surface area contributed by atoms with Crippen LogP contribution in [-0.2, 0) is 4.74 Å². The van der Waals surface area contributed by atoms with Crippen LogP contribution in [0.4, 0.5) is 4.39 Å². The summed E-state index contributed by atoms with van der Waals surface area (Å²) in [6, 6.07) is 6.51. The lowest BCUT2D eigenvalue weighted by molar-refractivity contribution is 0.0157. The molecular weight excluding hydrogens is 217 g/mol. The molecule has 1 aromatic carbocycles. The molecule has 17 heavy (non-hydrogen) atoms. The van der Waals surface area contributed by atoms with Crippen molar-refractivity contribution in [3.8, 4) is 0 Å². The molecule has 0 heterocycles. The van der Waals surface area contributed by atoms with E-state index in [9.17, 15) is 4.39 Å². The summed E-state index contributed by atoms with van der Waals surface area (Å²) in [4.78, 5) is 0. The van der Waals surface area contributed by atoms with Crippen LogP contribution in [0, 0.1) is 11.7 Å². The quantitative estimate of drug-likeness (QED) is 0.826. The normalized spacial score (nSPS) is 14.9. The summed E-state index contributed by atoms with van der Waals surface area (Å²) in [5.41, 5.74) is 6.57. The van der Waals surface area contributed by atoms with E-state index in [1.165, 1.54) is 6.07 Å². The summed E-state index contributed by atoms with van der Waals surface area (Å²) in [5.74, 6) is 0.165. The molecule has 0 saturated carbocycles. The zero-order valence-corrected chi connectivity index (χ0v) is 10.8. The van der Waals surface area contributed by atoms with Gasteiger partial charge in [-0.3, -0.25) is 0 Å². The van der Waals surface area contributed by atoms with Crippen molar-refractivity contribution in [1.82, 2.24) is 0 Å². The van der Waals surface area contributed by atoms with Gasteiger partial charge in [0.1, 0.15) is 11.9 Å². The van der Waals surface area contributed by atoms with Gasteiger partial charge in [-0.25, -0.2) is 4.39 Å². The van der Waals surface area contributed by atoms with E-state index < -0.39 is 0 Å². The molecular formula is C14H22FNO. The second-order valence-electron chi connectivity index (χ2n) is 4.74. The molecule has 3 heteroatoms. The minimum Gasteiger partial charge on any atom is -0.372 e. The fraction of sp³-hybridized carbons (Fsp3) is 0.571. The first-order chi connectivity index (χ1) is 8.06. The van der Waals surface area contributed by atoms with E-state index in [0.717, 1.165) is 6.42 Å². The number of nitrogens with two attached hydrogens (primary N) is 1. The second-order valence-corrected chi connectivity index (χ2v) is 4.74. The van der Waals surface area contributed by atoms with E-state index in [-0.39, 0.29) is 18.0 Å². The molecule has 2 nitrogen and oxygen atoms in total. The standard InChI is InChI=1S/C14H22FNO/c1-4-13(16)14(17-9-10(2)3)11-7-5-6-8-12(11)15/h5-8,10,13-14H,4,9,16H2,1-3H3. The molecule has 0 aliphatic rings. The van der Waals surface area contributed by atoms with Gasteiger partial charge in [0, 0.05) is 18.2 Å². The minimum atomic E-state index is -0.358. The molecule has 0 radical (unpaired) electrons. The van der Waals surface area contributed by atoms with Crippen LogP contribution in [0.3, 0.4) is 0 Å². The molecule has 2 N–H and O–H groups in total. The molecule has 0 saturated heterocycles. The number of benzene rings is 1. The van der Waals surface area contributed by atoms with Gasteiger partial charge in [0.25, 0.3) is 0 Å². The molecule has 0 aliphatic carbocycles. The molecule has 0 aliphatic heterocycles. The number of rotatable bonds is 6. The third kappa shape index (κ3) is 4.10. The molecule has 1 rings (SSSR count). The Morgan fingerprint density at radius 2 is 1.94 bits per heavy atom. The van der Waals surface area contributed by atoms with Crippen molar-refractivity contribution in [2.75, 3.05) is 6.61 Å². The Hall–Kier alpha value is -0.930. The van der Waals surface area contributed by atoms with E-state index in [1.54, 1.807) is 12.1 Å². The lowest BCUT2D eigenvalue weighted by Gasteiger charge is -2.25. The number of ether oxygens (including phenoxy) is 1. The summed E-state index contributed by atoms with van der Waals surface area (Å²) < 4.78 is 19.5. The Kier molecular flexibility index (Phi) is 5.59. The summed E-state index contributed by atoms with van der Waals surface area (Å²) in [5, 5.41) is 0. The van der Waals surface area contributed by atoms with E-state index in [2.05, 4.69) is 13.8 Å². The third-order valence-electron chi connectivity index (χ3n) is 2.68. The van der Waals surface area contributed by atoms with Gasteiger partial charge in [-0.1, -0.05) is 39.0 Å². The zero-order chi connectivity index (χ0) is 12.8. The Balaban J connectivity index is 2.86. The highest BCUT2D eigenvalue weighted by molar-refractivity contribution is 5.21. The largest absolute Gasteiger partial charge is 0.372 e. The van der Waals surface area contributed by atoms with Gasteiger partial charge < -0.3 is 10.5 Å². The monoisotopic (exact) mass is 239 g/mol. The van der Waals surface area contributed by atoms with Gasteiger partial charge in [0.15, 0.2) is 0 Å². The number of hydrogen-bond donors (Lipinski definition) is 1. The van der Waals surface area contributed by atoms with Crippen LogP contribution in [-0.4, -0.2) is 12.6 Å². The Morgan fingerprint density at radius 1 is 1.29 bits per heavy atom. The molecule has 1 aromatic rings. The van der Waals surface area contributed by atoms with Crippen LogP contribution >= 0.6 is 0 Å². The van der Waals surface area contributed by atoms with Crippen LogP contribution in [0.2, 0.25) is 0 Å². The van der Waals surface area contributed by atoms with Crippen molar-refractivity contribution in [1.29, 1.82) is 0 Å². The highest BCUT2D eigenvalue weighted by Gasteiger charge is 2.22. The maximum atomic E-state index is 13.7. The average molecular weight is 239 g/mol. The smallest absolute Gasteiger partial charge is 0.129 e. The Morgan fingerprint density at radius 3 is 2.47 bits per heavy atom. The first kappa shape index (κ1) is 14.1. The lowest BCUT2D eigenvalue weighted by Crippen LogP contribution is -2.31. The summed E-state index contributed by atoms with van der Waals surface area (Å²) in [6.45, 7) is 6.70. The topological polar surface area (TPSA) is 35.2 Å². The molecule has 0 spiro atoms. The highest BCUT2D eigenvalue weighted by Crippen LogP contribution is 2.25. The number of hydrogen-bond acceptors (Lipinski definition) is 2. The Labute approximate surface area is 103 Å². The van der Waals surface area contributed by atoms with Gasteiger partial charge in [-0.15, -0.1) is 0 Å². The van der Waals surface area contributed by atoms with E-state index in [4.69, 9.17) is 10.5 Å². The predicted octanol–water partition coefficient (Wildman–Crippen LogP) is 3.28. The van der Waals surface area contributed by atoms with Crippen molar-refractivity contribution in [2.45, 2.75) is 39.3 Å². The Bertz CT molecular complexity index is 341. The van der Waals surface area contributed by atoms with E-state index in [1.807, 2.05) is 13.0 Å². The van der Waals surface area contributed by atoms with Crippen molar-refractivity contribution >= 4 is 0 Å². The van der Waals surface area contributed by atoms with Gasteiger partial charge >= 0.3 is 0 Å². The summed E-state index contributed by atoms with van der Waals surface area (Å²) in [6.07, 6.45) is 0.403. The van der Waals surface area contributed by atoms with Gasteiger partial charge in [-0.05, 0) is 18.4 Å². The summed E-state index contributed by atoms with van der Waals surface area (Å²) in [7, 11) is 0. The molecule has 96 valence electrons. The molecule has 2 unspecified atom stereocenters. The number of halogens is 1. The first-order valence-corrected chi connectivity index (χ1v) is 6.17. The average Bonchev–Trinajstić information content (AvgIpc) is 2.30. The molecule has 2 atom stereocenters. The van der Waals surface area contributed by atoms with Crippen molar-refractivity contribution < 1.29 is 9.13 Å². The lowest BCUT2D eigenvalue weighted by atomic mass is 10.00. The summed E-state index contributed by atoms with van der Waals surface area (Å²) >= 11 is 0. The third-order valence-corrected chi connectivity index (χ3v) is 2.68. The predicted molar refractivity (Wildman–Crippen MR) is 68.2 cm³/mol. The van der Waals surface area contributed by atoms with Crippen molar-refractivity contribution in [3.63, 3.8) is 0 Å². The molecule has 0 fully saturated rings. The first-order valence-electron chi connectivity index (χ1n) is 6.17. The highest BCUT2D eigenvalue weighted by atomic mass is 19.1. The second kappa shape index (κ2) is 6.72. The molecule has 0 aromatic heterocycles.